The van der Waals surface area contributed by atoms with Crippen LogP contribution in [0.4, 0.5) is 5.69 Å². The molecule has 0 unspecified atom stereocenters. The molecule has 0 radical (unpaired) electrons. The molecular weight excluding hydrogens is 316 g/mol. The van der Waals surface area contributed by atoms with Crippen LogP contribution < -0.4 is 0 Å². The van der Waals surface area contributed by atoms with Gasteiger partial charge in [0.1, 0.15) is 5.58 Å². The molecule has 1 aliphatic heterocycles. The normalized spacial score (nSPS) is 21.0. The molecule has 126 valence electrons. The number of nitro benzene ring substituents is 1. The van der Waals surface area contributed by atoms with Crippen LogP contribution in [0.2, 0.25) is 0 Å². The first-order valence-corrected chi connectivity index (χ1v) is 7.60. The van der Waals surface area contributed by atoms with Crippen LogP contribution in [-0.4, -0.2) is 39.4 Å². The molecule has 1 aromatic heterocycles. The van der Waals surface area contributed by atoms with Crippen molar-refractivity contribution in [3.63, 3.8) is 0 Å². The van der Waals surface area contributed by atoms with Crippen molar-refractivity contribution in [1.29, 1.82) is 0 Å². The van der Waals surface area contributed by atoms with E-state index in [9.17, 15) is 24.8 Å². The van der Waals surface area contributed by atoms with Gasteiger partial charge in [-0.05, 0) is 31.9 Å². The van der Waals surface area contributed by atoms with Gasteiger partial charge in [0.05, 0.1) is 10.8 Å². The average Bonchev–Trinajstić information content (AvgIpc) is 2.97. The molecule has 0 saturated carbocycles. The average molecular weight is 332 g/mol. The Morgan fingerprint density at radius 2 is 2.12 bits per heavy atom. The zero-order valence-electron chi connectivity index (χ0n) is 13.0. The highest BCUT2D eigenvalue weighted by atomic mass is 16.6. The van der Waals surface area contributed by atoms with Crippen LogP contribution in [0.25, 0.3) is 11.0 Å². The van der Waals surface area contributed by atoms with Crippen molar-refractivity contribution >= 4 is 28.5 Å². The smallest absolute Gasteiger partial charge is 0.308 e. The molecule has 0 spiro atoms. The van der Waals surface area contributed by atoms with Crippen molar-refractivity contribution in [3.8, 4) is 0 Å². The third-order valence-electron chi connectivity index (χ3n) is 4.49. The summed E-state index contributed by atoms with van der Waals surface area (Å²) in [4.78, 5) is 35.8. The lowest BCUT2D eigenvalue weighted by Gasteiger charge is -2.36. The summed E-state index contributed by atoms with van der Waals surface area (Å²) in [5.74, 6) is -1.86. The number of aliphatic carboxylic acids is 1. The SMILES string of the molecule is C[C@@H]1[C@H](C(=O)O)CCCN1C(=O)c1cc2cc([N+](=O)[O-])ccc2o1. The summed E-state index contributed by atoms with van der Waals surface area (Å²) in [6, 6.07) is 5.12. The van der Waals surface area contributed by atoms with Crippen LogP contribution >= 0.6 is 0 Å². The Hall–Kier alpha value is -2.90. The highest BCUT2D eigenvalue weighted by Crippen LogP contribution is 2.28. The van der Waals surface area contributed by atoms with E-state index in [1.807, 2.05) is 0 Å². The number of furan rings is 1. The van der Waals surface area contributed by atoms with Crippen LogP contribution in [0.3, 0.4) is 0 Å². The predicted octanol–water partition coefficient (Wildman–Crippen LogP) is 2.67. The maximum absolute atomic E-state index is 12.7. The molecule has 0 aliphatic carbocycles. The van der Waals surface area contributed by atoms with Gasteiger partial charge >= 0.3 is 5.97 Å². The van der Waals surface area contributed by atoms with Gasteiger partial charge in [0, 0.05) is 30.1 Å². The molecule has 1 aromatic carbocycles. The molecule has 1 amide bonds. The number of carbonyl (C=O) groups excluding carboxylic acids is 1. The van der Waals surface area contributed by atoms with E-state index in [-0.39, 0.29) is 11.4 Å². The zero-order chi connectivity index (χ0) is 17.4. The highest BCUT2D eigenvalue weighted by Gasteiger charge is 2.36. The summed E-state index contributed by atoms with van der Waals surface area (Å²) in [5, 5.41) is 20.5. The summed E-state index contributed by atoms with van der Waals surface area (Å²) in [6.45, 7) is 2.17. The fraction of sp³-hybridized carbons (Fsp3) is 0.375. The van der Waals surface area contributed by atoms with Crippen LogP contribution in [0, 0.1) is 16.0 Å². The van der Waals surface area contributed by atoms with Gasteiger partial charge in [-0.25, -0.2) is 0 Å². The van der Waals surface area contributed by atoms with E-state index in [0.29, 0.717) is 30.4 Å². The minimum Gasteiger partial charge on any atom is -0.481 e. The van der Waals surface area contributed by atoms with Crippen molar-refractivity contribution < 1.29 is 24.0 Å². The van der Waals surface area contributed by atoms with Crippen molar-refractivity contribution in [1.82, 2.24) is 4.90 Å². The number of fused-ring (bicyclic) bond motifs is 1. The van der Waals surface area contributed by atoms with Crippen LogP contribution in [0.1, 0.15) is 30.3 Å². The lowest BCUT2D eigenvalue weighted by Crippen LogP contribution is -2.49. The van der Waals surface area contributed by atoms with Crippen LogP contribution in [0.15, 0.2) is 28.7 Å². The molecule has 2 aromatic rings. The highest BCUT2D eigenvalue weighted by molar-refractivity contribution is 5.97. The van der Waals surface area contributed by atoms with E-state index in [1.165, 1.54) is 29.2 Å². The molecule has 1 saturated heterocycles. The van der Waals surface area contributed by atoms with Crippen LogP contribution in [0.5, 0.6) is 0 Å². The number of hydrogen-bond acceptors (Lipinski definition) is 5. The molecular formula is C16H16N2O6. The number of likely N-dealkylation sites (tertiary alicyclic amines) is 1. The van der Waals surface area contributed by atoms with Gasteiger partial charge in [-0.3, -0.25) is 19.7 Å². The monoisotopic (exact) mass is 332 g/mol. The molecule has 2 heterocycles. The van der Waals surface area contributed by atoms with Gasteiger partial charge in [-0.2, -0.15) is 0 Å². The first-order valence-electron chi connectivity index (χ1n) is 7.60. The maximum atomic E-state index is 12.7. The minimum atomic E-state index is -0.916. The Balaban J connectivity index is 1.90. The summed E-state index contributed by atoms with van der Waals surface area (Å²) in [7, 11) is 0. The number of nitro groups is 1. The Morgan fingerprint density at radius 3 is 2.79 bits per heavy atom. The minimum absolute atomic E-state index is 0.0587. The number of carbonyl (C=O) groups is 2. The third kappa shape index (κ3) is 2.70. The number of nitrogens with zero attached hydrogens (tertiary/aromatic N) is 2. The molecule has 3 rings (SSSR count). The molecule has 1 N–H and O–H groups in total. The second-order valence-electron chi connectivity index (χ2n) is 5.92. The maximum Gasteiger partial charge on any atom is 0.308 e. The number of rotatable bonds is 3. The summed E-state index contributed by atoms with van der Waals surface area (Å²) >= 11 is 0. The first-order chi connectivity index (χ1) is 11.4. The fourth-order valence-electron chi connectivity index (χ4n) is 3.15. The molecule has 1 aliphatic rings. The summed E-state index contributed by atoms with van der Waals surface area (Å²) in [5.41, 5.74) is 0.294. The van der Waals surface area contributed by atoms with Gasteiger partial charge in [-0.15, -0.1) is 0 Å². The van der Waals surface area contributed by atoms with Gasteiger partial charge in [0.15, 0.2) is 5.76 Å². The summed E-state index contributed by atoms with van der Waals surface area (Å²) in [6.07, 6.45) is 1.14. The Labute approximate surface area is 136 Å². The molecule has 24 heavy (non-hydrogen) atoms. The number of carboxylic acid groups (broad SMARTS) is 1. The Kier molecular flexibility index (Phi) is 3.96. The van der Waals surface area contributed by atoms with Gasteiger partial charge in [0.2, 0.25) is 0 Å². The van der Waals surface area contributed by atoms with E-state index < -0.39 is 28.8 Å². The van der Waals surface area contributed by atoms with E-state index >= 15 is 0 Å². The molecule has 0 bridgehead atoms. The molecule has 8 nitrogen and oxygen atoms in total. The fourth-order valence-corrected chi connectivity index (χ4v) is 3.15. The second-order valence-corrected chi connectivity index (χ2v) is 5.92. The van der Waals surface area contributed by atoms with Crippen molar-refractivity contribution in [2.45, 2.75) is 25.8 Å². The Morgan fingerprint density at radius 1 is 1.38 bits per heavy atom. The largest absolute Gasteiger partial charge is 0.481 e. The lowest BCUT2D eigenvalue weighted by molar-refractivity contribution is -0.384. The van der Waals surface area contributed by atoms with E-state index in [1.54, 1.807) is 6.92 Å². The first kappa shape index (κ1) is 16.0. The van der Waals surface area contributed by atoms with Crippen molar-refractivity contribution in [2.75, 3.05) is 6.54 Å². The topological polar surface area (TPSA) is 114 Å². The lowest BCUT2D eigenvalue weighted by atomic mass is 9.90. The second kappa shape index (κ2) is 5.95. The third-order valence-corrected chi connectivity index (χ3v) is 4.49. The number of benzene rings is 1. The molecule has 1 fully saturated rings. The van der Waals surface area contributed by atoms with Gasteiger partial charge < -0.3 is 14.4 Å². The standard InChI is InChI=1S/C16H16N2O6/c1-9-12(16(20)21)3-2-6-17(9)15(19)14-8-10-7-11(18(22)23)4-5-13(10)24-14/h4-5,7-9,12H,2-3,6H2,1H3,(H,20,21)/t9-,12-/m1/s1. The number of piperidine rings is 1. The quantitative estimate of drug-likeness (QED) is 0.682. The van der Waals surface area contributed by atoms with E-state index in [0.717, 1.165) is 0 Å². The van der Waals surface area contributed by atoms with E-state index in [4.69, 9.17) is 4.42 Å². The molecule has 8 heteroatoms. The Bertz CT molecular complexity index is 827. The number of carboxylic acids is 1. The number of hydrogen-bond donors (Lipinski definition) is 1. The summed E-state index contributed by atoms with van der Waals surface area (Å²) < 4.78 is 5.50. The van der Waals surface area contributed by atoms with Crippen LogP contribution in [-0.2, 0) is 4.79 Å². The number of amides is 1. The van der Waals surface area contributed by atoms with Crippen molar-refractivity contribution in [3.05, 3.63) is 40.1 Å². The number of non-ortho nitro benzene ring substituents is 1. The van der Waals surface area contributed by atoms with E-state index in [2.05, 4.69) is 0 Å². The predicted molar refractivity (Wildman–Crippen MR) is 83.7 cm³/mol. The zero-order valence-corrected chi connectivity index (χ0v) is 13.0. The molecule has 2 atom stereocenters. The van der Waals surface area contributed by atoms with Gasteiger partial charge in [-0.1, -0.05) is 0 Å². The van der Waals surface area contributed by atoms with Crippen molar-refractivity contribution in [2.24, 2.45) is 5.92 Å². The van der Waals surface area contributed by atoms with Gasteiger partial charge in [0.25, 0.3) is 11.6 Å².